The number of hydrogen-bond acceptors (Lipinski definition) is 6. The molecule has 0 atom stereocenters. The third-order valence-electron chi connectivity index (χ3n) is 4.54. The Bertz CT molecular complexity index is 1010. The largest absolute Gasteiger partial charge is 0.493 e. The molecule has 3 aromatic rings. The maximum atomic E-state index is 14.3. The van der Waals surface area contributed by atoms with Gasteiger partial charge in [-0.1, -0.05) is 30.3 Å². The first-order valence-electron chi connectivity index (χ1n) is 9.21. The molecule has 0 spiro atoms. The van der Waals surface area contributed by atoms with Crippen LogP contribution >= 0.6 is 0 Å². The van der Waals surface area contributed by atoms with E-state index in [1.807, 2.05) is 17.0 Å². The van der Waals surface area contributed by atoms with Gasteiger partial charge in [-0.2, -0.15) is 0 Å². The monoisotopic (exact) mass is 411 g/mol. The molecule has 0 saturated heterocycles. The summed E-state index contributed by atoms with van der Waals surface area (Å²) >= 11 is 0. The van der Waals surface area contributed by atoms with Crippen LogP contribution in [0.2, 0.25) is 0 Å². The summed E-state index contributed by atoms with van der Waals surface area (Å²) in [6, 6.07) is 12.1. The topological polar surface area (TPSA) is 84.8 Å². The highest BCUT2D eigenvalue weighted by atomic mass is 19.1. The second kappa shape index (κ2) is 9.80. The van der Waals surface area contributed by atoms with E-state index in [1.54, 1.807) is 38.5 Å². The van der Waals surface area contributed by atoms with Crippen molar-refractivity contribution in [1.29, 1.82) is 0 Å². The van der Waals surface area contributed by atoms with E-state index >= 15 is 0 Å². The molecule has 0 aliphatic rings. The zero-order chi connectivity index (χ0) is 21.5. The molecule has 2 aromatic carbocycles. The highest BCUT2D eigenvalue weighted by Crippen LogP contribution is 2.32. The normalized spacial score (nSPS) is 10.8. The van der Waals surface area contributed by atoms with Gasteiger partial charge in [-0.15, -0.1) is 0 Å². The number of methoxy groups -OCH3 is 2. The van der Waals surface area contributed by atoms with Gasteiger partial charge in [0, 0.05) is 30.8 Å². The number of carboxylic acid groups (broad SMARTS) is 1. The van der Waals surface area contributed by atoms with Crippen LogP contribution in [-0.2, 0) is 19.6 Å². The van der Waals surface area contributed by atoms with E-state index in [2.05, 4.69) is 9.97 Å². The fourth-order valence-corrected chi connectivity index (χ4v) is 3.13. The van der Waals surface area contributed by atoms with Gasteiger partial charge < -0.3 is 14.6 Å². The quantitative estimate of drug-likeness (QED) is 0.577. The standard InChI is InChI=1S/C22H22FN3O4/c1-29-20-9-5-7-16(21(20)30-2)13-26(12-15-6-3-4-8-18(15)23)14-17-10-25-19(11-24-17)22(27)28/h3-11H,12-14H2,1-2H3,(H,27,28). The van der Waals surface area contributed by atoms with Crippen LogP contribution in [0.5, 0.6) is 11.5 Å². The molecule has 8 heteroatoms. The summed E-state index contributed by atoms with van der Waals surface area (Å²) in [7, 11) is 3.14. The maximum Gasteiger partial charge on any atom is 0.356 e. The van der Waals surface area contributed by atoms with Gasteiger partial charge in [0.05, 0.1) is 32.3 Å². The van der Waals surface area contributed by atoms with Crippen LogP contribution in [-0.4, -0.2) is 40.2 Å². The Morgan fingerprint density at radius 2 is 1.70 bits per heavy atom. The molecule has 0 saturated carbocycles. The van der Waals surface area contributed by atoms with E-state index < -0.39 is 5.97 Å². The van der Waals surface area contributed by atoms with E-state index in [0.29, 0.717) is 42.4 Å². The molecule has 0 unspecified atom stereocenters. The predicted octanol–water partition coefficient (Wildman–Crippen LogP) is 3.53. The van der Waals surface area contributed by atoms with Gasteiger partial charge in [-0.3, -0.25) is 9.88 Å². The second-order valence-electron chi connectivity index (χ2n) is 6.59. The van der Waals surface area contributed by atoms with Crippen molar-refractivity contribution in [3.8, 4) is 11.5 Å². The molecule has 0 aliphatic carbocycles. The number of aromatic carboxylic acids is 1. The SMILES string of the molecule is COc1cccc(CN(Cc2cnc(C(=O)O)cn2)Cc2ccccc2F)c1OC. The Kier molecular flexibility index (Phi) is 6.92. The molecule has 30 heavy (non-hydrogen) atoms. The first-order chi connectivity index (χ1) is 14.5. The van der Waals surface area contributed by atoms with E-state index in [9.17, 15) is 9.18 Å². The zero-order valence-corrected chi connectivity index (χ0v) is 16.7. The number of nitrogens with zero attached hydrogens (tertiary/aromatic N) is 3. The van der Waals surface area contributed by atoms with E-state index in [4.69, 9.17) is 14.6 Å². The molecule has 0 amide bonds. The molecule has 7 nitrogen and oxygen atoms in total. The summed E-state index contributed by atoms with van der Waals surface area (Å²) in [4.78, 5) is 21.1. The molecule has 0 radical (unpaired) electrons. The lowest BCUT2D eigenvalue weighted by Gasteiger charge is -2.24. The Morgan fingerprint density at radius 3 is 2.33 bits per heavy atom. The number of ether oxygens (including phenoxy) is 2. The number of para-hydroxylation sites is 1. The number of benzene rings is 2. The third kappa shape index (κ3) is 5.09. The molecule has 0 bridgehead atoms. The number of carbonyl (C=O) groups is 1. The minimum atomic E-state index is -1.14. The van der Waals surface area contributed by atoms with Crippen LogP contribution in [0.4, 0.5) is 4.39 Å². The molecule has 0 aliphatic heterocycles. The van der Waals surface area contributed by atoms with E-state index in [1.165, 1.54) is 18.5 Å². The van der Waals surface area contributed by atoms with Gasteiger partial charge in [-0.05, 0) is 12.1 Å². The summed E-state index contributed by atoms with van der Waals surface area (Å²) in [6.45, 7) is 1.08. The summed E-state index contributed by atoms with van der Waals surface area (Å²) in [6.07, 6.45) is 2.63. The summed E-state index contributed by atoms with van der Waals surface area (Å²) in [5, 5.41) is 9.00. The molecule has 0 fully saturated rings. The van der Waals surface area contributed by atoms with Gasteiger partial charge in [0.15, 0.2) is 17.2 Å². The fraction of sp³-hybridized carbons (Fsp3) is 0.227. The van der Waals surface area contributed by atoms with Crippen molar-refractivity contribution in [3.05, 3.63) is 83.2 Å². The Hall–Kier alpha value is -3.52. The summed E-state index contributed by atoms with van der Waals surface area (Å²) in [5.41, 5.74) is 1.84. The number of hydrogen-bond donors (Lipinski definition) is 1. The number of halogens is 1. The molecular formula is C22H22FN3O4. The third-order valence-corrected chi connectivity index (χ3v) is 4.54. The number of carboxylic acids is 1. The molecule has 1 N–H and O–H groups in total. The number of rotatable bonds is 9. The van der Waals surface area contributed by atoms with Gasteiger partial charge >= 0.3 is 5.97 Å². The second-order valence-corrected chi connectivity index (χ2v) is 6.59. The molecule has 156 valence electrons. The maximum absolute atomic E-state index is 14.3. The van der Waals surface area contributed by atoms with Gasteiger partial charge in [-0.25, -0.2) is 14.2 Å². The van der Waals surface area contributed by atoms with E-state index in [-0.39, 0.29) is 11.5 Å². The van der Waals surface area contributed by atoms with Crippen LogP contribution in [0.15, 0.2) is 54.9 Å². The van der Waals surface area contributed by atoms with Crippen LogP contribution in [0.3, 0.4) is 0 Å². The van der Waals surface area contributed by atoms with Gasteiger partial charge in [0.25, 0.3) is 0 Å². The summed E-state index contributed by atoms with van der Waals surface area (Å²) < 4.78 is 25.2. The lowest BCUT2D eigenvalue weighted by Crippen LogP contribution is -2.24. The first-order valence-corrected chi connectivity index (χ1v) is 9.21. The molecular weight excluding hydrogens is 389 g/mol. The van der Waals surface area contributed by atoms with Crippen LogP contribution < -0.4 is 9.47 Å². The lowest BCUT2D eigenvalue weighted by molar-refractivity contribution is 0.0690. The van der Waals surface area contributed by atoms with Crippen molar-refractivity contribution in [1.82, 2.24) is 14.9 Å². The minimum Gasteiger partial charge on any atom is -0.493 e. The highest BCUT2D eigenvalue weighted by molar-refractivity contribution is 5.84. The van der Waals surface area contributed by atoms with Crippen LogP contribution in [0.1, 0.15) is 27.3 Å². The molecule has 1 heterocycles. The van der Waals surface area contributed by atoms with Crippen molar-refractivity contribution >= 4 is 5.97 Å². The smallest absolute Gasteiger partial charge is 0.356 e. The lowest BCUT2D eigenvalue weighted by atomic mass is 10.1. The van der Waals surface area contributed by atoms with E-state index in [0.717, 1.165) is 5.56 Å². The van der Waals surface area contributed by atoms with Crippen molar-refractivity contribution in [3.63, 3.8) is 0 Å². The fourth-order valence-electron chi connectivity index (χ4n) is 3.13. The highest BCUT2D eigenvalue weighted by Gasteiger charge is 2.17. The Labute approximate surface area is 173 Å². The molecule has 1 aromatic heterocycles. The average Bonchev–Trinajstić information content (AvgIpc) is 2.75. The minimum absolute atomic E-state index is 0.131. The van der Waals surface area contributed by atoms with Crippen molar-refractivity contribution < 1.29 is 23.8 Å². The Morgan fingerprint density at radius 1 is 0.967 bits per heavy atom. The molecule has 3 rings (SSSR count). The van der Waals surface area contributed by atoms with Gasteiger partial charge in [0.2, 0.25) is 0 Å². The van der Waals surface area contributed by atoms with Crippen LogP contribution in [0.25, 0.3) is 0 Å². The zero-order valence-electron chi connectivity index (χ0n) is 16.7. The van der Waals surface area contributed by atoms with Crippen molar-refractivity contribution in [2.45, 2.75) is 19.6 Å². The summed E-state index contributed by atoms with van der Waals surface area (Å²) in [5.74, 6) is -0.233. The first kappa shape index (κ1) is 21.2. The Balaban J connectivity index is 1.89. The number of aromatic nitrogens is 2. The van der Waals surface area contributed by atoms with Crippen molar-refractivity contribution in [2.75, 3.05) is 14.2 Å². The predicted molar refractivity (Wildman–Crippen MR) is 108 cm³/mol. The average molecular weight is 411 g/mol. The van der Waals surface area contributed by atoms with Crippen molar-refractivity contribution in [2.24, 2.45) is 0 Å². The van der Waals surface area contributed by atoms with Crippen LogP contribution in [0, 0.1) is 5.82 Å². The van der Waals surface area contributed by atoms with Gasteiger partial charge in [0.1, 0.15) is 5.82 Å².